The Kier molecular flexibility index (Phi) is 4.82. The molecule has 1 aliphatic rings. The van der Waals surface area contributed by atoms with E-state index in [4.69, 9.17) is 0 Å². The number of hydrogen-bond acceptors (Lipinski definition) is 2. The quantitative estimate of drug-likeness (QED) is 0.684. The number of hydrogen-bond donors (Lipinski definition) is 0. The summed E-state index contributed by atoms with van der Waals surface area (Å²) in [7, 11) is 1.47. The molecule has 0 aliphatic heterocycles. The minimum Gasteiger partial charge on any atom is -0.469 e. The number of carbonyl (C=O) groups is 1. The van der Waals surface area contributed by atoms with E-state index in [1.54, 1.807) is 0 Å². The van der Waals surface area contributed by atoms with Crippen molar-refractivity contribution in [2.45, 2.75) is 59.3 Å². The lowest BCUT2D eigenvalue weighted by Gasteiger charge is -2.36. The fraction of sp³-hybridized carbons (Fsp3) is 0.929. The molecular formula is C14H26O2. The molecule has 0 aromatic heterocycles. The minimum atomic E-state index is -0.0575. The van der Waals surface area contributed by atoms with Crippen molar-refractivity contribution < 1.29 is 9.53 Å². The van der Waals surface area contributed by atoms with Gasteiger partial charge in [0, 0.05) is 6.42 Å². The minimum absolute atomic E-state index is 0.0575. The molecule has 0 unspecified atom stereocenters. The summed E-state index contributed by atoms with van der Waals surface area (Å²) in [5.74, 6) is 1.55. The Morgan fingerprint density at radius 1 is 1.19 bits per heavy atom. The van der Waals surface area contributed by atoms with Crippen molar-refractivity contribution in [3.63, 3.8) is 0 Å². The zero-order valence-corrected chi connectivity index (χ0v) is 11.2. The molecule has 0 spiro atoms. The highest BCUT2D eigenvalue weighted by atomic mass is 16.5. The van der Waals surface area contributed by atoms with Gasteiger partial charge in [-0.25, -0.2) is 0 Å². The average Bonchev–Trinajstić information content (AvgIpc) is 2.25. The third-order valence-corrected chi connectivity index (χ3v) is 4.06. The van der Waals surface area contributed by atoms with E-state index < -0.39 is 0 Å². The lowest BCUT2D eigenvalue weighted by atomic mass is 9.69. The fourth-order valence-corrected chi connectivity index (χ4v) is 2.74. The van der Waals surface area contributed by atoms with Crippen molar-refractivity contribution in [1.29, 1.82) is 0 Å². The Hall–Kier alpha value is -0.530. The Balaban J connectivity index is 2.25. The number of methoxy groups -OCH3 is 1. The molecule has 0 heterocycles. The molecule has 2 nitrogen and oxygen atoms in total. The van der Waals surface area contributed by atoms with E-state index in [1.165, 1.54) is 32.8 Å². The lowest BCUT2D eigenvalue weighted by Crippen LogP contribution is -2.26. The number of ether oxygens (including phenoxy) is 1. The Labute approximate surface area is 99.8 Å². The van der Waals surface area contributed by atoms with E-state index in [-0.39, 0.29) is 5.97 Å². The summed E-state index contributed by atoms with van der Waals surface area (Å²) >= 11 is 0. The van der Waals surface area contributed by atoms with E-state index in [1.807, 2.05) is 0 Å². The van der Waals surface area contributed by atoms with Gasteiger partial charge in [0.2, 0.25) is 0 Å². The van der Waals surface area contributed by atoms with Crippen LogP contribution in [0.3, 0.4) is 0 Å². The van der Waals surface area contributed by atoms with E-state index in [0.717, 1.165) is 18.3 Å². The average molecular weight is 226 g/mol. The van der Waals surface area contributed by atoms with Gasteiger partial charge in [0.15, 0.2) is 0 Å². The molecule has 0 atom stereocenters. The first-order chi connectivity index (χ1) is 7.43. The molecule has 1 aliphatic carbocycles. The fourth-order valence-electron chi connectivity index (χ4n) is 2.74. The summed E-state index contributed by atoms with van der Waals surface area (Å²) in [5, 5.41) is 0. The topological polar surface area (TPSA) is 26.3 Å². The van der Waals surface area contributed by atoms with Crippen LogP contribution in [0.5, 0.6) is 0 Å². The van der Waals surface area contributed by atoms with Crippen LogP contribution in [-0.4, -0.2) is 13.1 Å². The highest BCUT2D eigenvalue weighted by Gasteiger charge is 2.29. The maximum Gasteiger partial charge on any atom is 0.305 e. The molecule has 0 saturated heterocycles. The van der Waals surface area contributed by atoms with Crippen molar-refractivity contribution in [2.24, 2.45) is 17.3 Å². The van der Waals surface area contributed by atoms with Gasteiger partial charge >= 0.3 is 5.97 Å². The molecule has 0 amide bonds. The summed E-state index contributed by atoms with van der Waals surface area (Å²) < 4.78 is 4.68. The van der Waals surface area contributed by atoms with E-state index in [9.17, 15) is 4.79 Å². The van der Waals surface area contributed by atoms with Crippen molar-refractivity contribution in [2.75, 3.05) is 7.11 Å². The predicted molar refractivity (Wildman–Crippen MR) is 66.2 cm³/mol. The molecule has 0 aromatic rings. The summed E-state index contributed by atoms with van der Waals surface area (Å²) in [4.78, 5) is 11.1. The van der Waals surface area contributed by atoms with Gasteiger partial charge in [-0.2, -0.15) is 0 Å². The number of carbonyl (C=O) groups excluding carboxylic acids is 1. The Morgan fingerprint density at radius 2 is 1.75 bits per heavy atom. The molecule has 1 rings (SSSR count). The molecule has 0 N–H and O–H groups in total. The van der Waals surface area contributed by atoms with E-state index >= 15 is 0 Å². The largest absolute Gasteiger partial charge is 0.469 e. The van der Waals surface area contributed by atoms with Crippen LogP contribution >= 0.6 is 0 Å². The van der Waals surface area contributed by atoms with Crippen LogP contribution in [0.2, 0.25) is 0 Å². The second kappa shape index (κ2) is 5.70. The van der Waals surface area contributed by atoms with E-state index in [2.05, 4.69) is 25.5 Å². The lowest BCUT2D eigenvalue weighted by molar-refractivity contribution is -0.141. The maximum absolute atomic E-state index is 11.1. The third kappa shape index (κ3) is 4.15. The highest BCUT2D eigenvalue weighted by Crippen LogP contribution is 2.40. The van der Waals surface area contributed by atoms with Gasteiger partial charge in [0.1, 0.15) is 0 Å². The maximum atomic E-state index is 11.1. The third-order valence-electron chi connectivity index (χ3n) is 4.06. The van der Waals surface area contributed by atoms with Gasteiger partial charge in [0.25, 0.3) is 0 Å². The second-order valence-electron chi connectivity index (χ2n) is 6.20. The van der Waals surface area contributed by atoms with Crippen LogP contribution in [0.25, 0.3) is 0 Å². The standard InChI is InChI=1S/C14H26O2/c1-14(2,3)12-8-5-11(6-9-12)7-10-13(15)16-4/h11-12H,5-10H2,1-4H3. The van der Waals surface area contributed by atoms with Gasteiger partial charge < -0.3 is 4.74 Å². The first kappa shape index (κ1) is 13.5. The molecule has 1 saturated carbocycles. The van der Waals surface area contributed by atoms with Crippen LogP contribution in [0.4, 0.5) is 0 Å². The summed E-state index contributed by atoms with van der Waals surface area (Å²) in [6.45, 7) is 7.02. The first-order valence-corrected chi connectivity index (χ1v) is 6.50. The Morgan fingerprint density at radius 3 is 2.19 bits per heavy atom. The Bertz CT molecular complexity index is 219. The van der Waals surface area contributed by atoms with E-state index in [0.29, 0.717) is 11.8 Å². The van der Waals surface area contributed by atoms with Crippen LogP contribution in [0.1, 0.15) is 59.3 Å². The summed E-state index contributed by atoms with van der Waals surface area (Å²) in [6, 6.07) is 0. The molecular weight excluding hydrogens is 200 g/mol. The number of rotatable bonds is 3. The van der Waals surface area contributed by atoms with Crippen LogP contribution < -0.4 is 0 Å². The molecule has 0 aromatic carbocycles. The highest BCUT2D eigenvalue weighted by molar-refractivity contribution is 5.69. The molecule has 1 fully saturated rings. The van der Waals surface area contributed by atoms with Crippen LogP contribution in [0, 0.1) is 17.3 Å². The van der Waals surface area contributed by atoms with Gasteiger partial charge in [-0.1, -0.05) is 33.6 Å². The van der Waals surface area contributed by atoms with Crippen LogP contribution in [0.15, 0.2) is 0 Å². The monoisotopic (exact) mass is 226 g/mol. The molecule has 16 heavy (non-hydrogen) atoms. The van der Waals surface area contributed by atoms with Crippen molar-refractivity contribution in [3.05, 3.63) is 0 Å². The van der Waals surface area contributed by atoms with Crippen LogP contribution in [-0.2, 0) is 9.53 Å². The van der Waals surface area contributed by atoms with Crippen molar-refractivity contribution in [3.8, 4) is 0 Å². The zero-order chi connectivity index (χ0) is 12.2. The molecule has 94 valence electrons. The van der Waals surface area contributed by atoms with Gasteiger partial charge in [-0.05, 0) is 36.5 Å². The molecule has 2 heteroatoms. The van der Waals surface area contributed by atoms with Crippen molar-refractivity contribution >= 4 is 5.97 Å². The predicted octanol–water partition coefficient (Wildman–Crippen LogP) is 3.79. The second-order valence-corrected chi connectivity index (χ2v) is 6.20. The number of esters is 1. The van der Waals surface area contributed by atoms with Gasteiger partial charge in [0.05, 0.1) is 7.11 Å². The zero-order valence-electron chi connectivity index (χ0n) is 11.2. The SMILES string of the molecule is COC(=O)CCC1CCC(C(C)(C)C)CC1. The summed E-state index contributed by atoms with van der Waals surface area (Å²) in [5.41, 5.74) is 0.452. The normalized spacial score (nSPS) is 26.5. The summed E-state index contributed by atoms with van der Waals surface area (Å²) in [6.07, 6.45) is 6.85. The van der Waals surface area contributed by atoms with Crippen molar-refractivity contribution in [1.82, 2.24) is 0 Å². The van der Waals surface area contributed by atoms with Gasteiger partial charge in [-0.15, -0.1) is 0 Å². The first-order valence-electron chi connectivity index (χ1n) is 6.50. The van der Waals surface area contributed by atoms with Gasteiger partial charge in [-0.3, -0.25) is 4.79 Å². The smallest absolute Gasteiger partial charge is 0.305 e. The molecule has 0 radical (unpaired) electrons. The molecule has 0 bridgehead atoms.